The lowest BCUT2D eigenvalue weighted by molar-refractivity contribution is -0.137. The number of ketones is 1. The van der Waals surface area contributed by atoms with Crippen LogP contribution < -0.4 is 0 Å². The first-order chi connectivity index (χ1) is 11.8. The third kappa shape index (κ3) is 20.5. The molecule has 0 saturated carbocycles. The molecule has 0 bridgehead atoms. The van der Waals surface area contributed by atoms with Crippen LogP contribution in [-0.4, -0.2) is 59.5 Å². The van der Waals surface area contributed by atoms with Crippen molar-refractivity contribution in [3.8, 4) is 0 Å². The van der Waals surface area contributed by atoms with Gasteiger partial charge in [-0.2, -0.15) is 0 Å². The molecule has 0 N–H and O–H groups in total. The number of esters is 1. The minimum atomic E-state index is -0.341. The Hall–Kier alpha value is -1.50. The van der Waals surface area contributed by atoms with Crippen molar-refractivity contribution in [1.82, 2.24) is 0 Å². The minimum absolute atomic E-state index is 0.0185. The van der Waals surface area contributed by atoms with Crippen LogP contribution >= 0.6 is 0 Å². The summed E-state index contributed by atoms with van der Waals surface area (Å²) in [7, 11) is 5.11. The summed E-state index contributed by atoms with van der Waals surface area (Å²) in [6.07, 6.45) is 4.30. The van der Waals surface area contributed by atoms with E-state index in [2.05, 4.69) is 24.8 Å². The number of ether oxygens (including phenoxy) is 4. The second-order valence-electron chi connectivity index (χ2n) is 5.34. The lowest BCUT2D eigenvalue weighted by Crippen LogP contribution is -2.35. The molecule has 0 atom stereocenters. The molecule has 0 aliphatic rings. The van der Waals surface area contributed by atoms with E-state index in [0.29, 0.717) is 26.4 Å². The first-order valence-corrected chi connectivity index (χ1v) is 8.21. The average molecular weight is 360 g/mol. The normalized spacial score (nSPS) is 9.68. The highest BCUT2D eigenvalue weighted by molar-refractivity contribution is 5.86. The van der Waals surface area contributed by atoms with E-state index in [0.717, 1.165) is 18.9 Å². The largest absolute Gasteiger partial charge is 0.463 e. The van der Waals surface area contributed by atoms with Crippen molar-refractivity contribution in [2.45, 2.75) is 33.6 Å². The summed E-state index contributed by atoms with van der Waals surface area (Å²) in [4.78, 5) is 19.9. The first-order valence-electron chi connectivity index (χ1n) is 8.21. The van der Waals surface area contributed by atoms with Crippen LogP contribution in [0.2, 0.25) is 0 Å². The van der Waals surface area contributed by atoms with E-state index in [1.165, 1.54) is 13.0 Å². The zero-order valence-electron chi connectivity index (χ0n) is 16.8. The van der Waals surface area contributed by atoms with Gasteiger partial charge in [-0.05, 0) is 25.8 Å². The number of hydrogen-bond donors (Lipinski definition) is 0. The smallest absolute Gasteiger partial charge is 0.330 e. The highest BCUT2D eigenvalue weighted by Gasteiger charge is 2.28. The zero-order chi connectivity index (χ0) is 20.1. The maximum atomic E-state index is 10.2. The average Bonchev–Trinajstić information content (AvgIpc) is 2.61. The van der Waals surface area contributed by atoms with Crippen LogP contribution in [0.3, 0.4) is 0 Å². The number of carbonyl (C=O) groups is 2. The first kappa shape index (κ1) is 28.3. The van der Waals surface area contributed by atoms with Gasteiger partial charge in [-0.3, -0.25) is 4.79 Å². The van der Waals surface area contributed by atoms with Gasteiger partial charge in [0.05, 0.1) is 26.4 Å². The fraction of sp³-hybridized carbons (Fsp3) is 0.684. The van der Waals surface area contributed by atoms with Crippen LogP contribution in [-0.2, 0) is 28.5 Å². The third-order valence-corrected chi connectivity index (χ3v) is 3.00. The molecule has 25 heavy (non-hydrogen) atoms. The molecule has 0 fully saturated rings. The van der Waals surface area contributed by atoms with Gasteiger partial charge < -0.3 is 18.9 Å². The van der Waals surface area contributed by atoms with Crippen LogP contribution in [0.1, 0.15) is 33.6 Å². The summed E-state index contributed by atoms with van der Waals surface area (Å²) in [5.74, 6) is -0.322. The molecule has 6 heteroatoms. The van der Waals surface area contributed by atoms with Crippen molar-refractivity contribution in [1.29, 1.82) is 0 Å². The Labute approximate surface area is 153 Å². The van der Waals surface area contributed by atoms with Gasteiger partial charge in [0.25, 0.3) is 0 Å². The molecule has 0 aromatic rings. The molecule has 0 aliphatic heterocycles. The monoisotopic (exact) mass is 360 g/mol. The molecule has 0 spiro atoms. The molecule has 0 radical (unpaired) electrons. The van der Waals surface area contributed by atoms with E-state index in [1.54, 1.807) is 21.3 Å². The van der Waals surface area contributed by atoms with Crippen molar-refractivity contribution >= 4 is 11.8 Å². The standard InChI is InChI=1S/C9H20O3.C6H10O2.C4H6O/c1-5-9(6-10-2,7-11-3)8-12-4;1-3-5-8-6(7)4-2;1-3-4(2)5/h5-8H2,1-4H3;4H,2-3,5H2,1H3;3H,1H2,2H3. The summed E-state index contributed by atoms with van der Waals surface area (Å²) in [5, 5.41) is 0. The van der Waals surface area contributed by atoms with E-state index < -0.39 is 0 Å². The number of methoxy groups -OCH3 is 3. The van der Waals surface area contributed by atoms with E-state index in [-0.39, 0.29) is 17.2 Å². The quantitative estimate of drug-likeness (QED) is 0.416. The van der Waals surface area contributed by atoms with E-state index in [9.17, 15) is 9.59 Å². The van der Waals surface area contributed by atoms with Crippen LogP contribution in [0, 0.1) is 5.41 Å². The zero-order valence-corrected chi connectivity index (χ0v) is 16.8. The van der Waals surface area contributed by atoms with Gasteiger partial charge >= 0.3 is 5.97 Å². The molecule has 0 aliphatic carbocycles. The summed E-state index contributed by atoms with van der Waals surface area (Å²) >= 11 is 0. The van der Waals surface area contributed by atoms with Crippen LogP contribution in [0.25, 0.3) is 0 Å². The van der Waals surface area contributed by atoms with Gasteiger partial charge in [-0.1, -0.05) is 27.0 Å². The van der Waals surface area contributed by atoms with Gasteiger partial charge in [0.1, 0.15) is 0 Å². The van der Waals surface area contributed by atoms with Gasteiger partial charge in [0.2, 0.25) is 0 Å². The number of hydrogen-bond acceptors (Lipinski definition) is 6. The second kappa shape index (κ2) is 20.5. The minimum Gasteiger partial charge on any atom is -0.463 e. The van der Waals surface area contributed by atoms with Crippen LogP contribution in [0.4, 0.5) is 0 Å². The van der Waals surface area contributed by atoms with Gasteiger partial charge in [0.15, 0.2) is 5.78 Å². The second-order valence-corrected chi connectivity index (χ2v) is 5.34. The van der Waals surface area contributed by atoms with Crippen molar-refractivity contribution < 1.29 is 28.5 Å². The van der Waals surface area contributed by atoms with Gasteiger partial charge in [0, 0.05) is 32.8 Å². The Kier molecular flexibility index (Phi) is 23.3. The predicted octanol–water partition coefficient (Wildman–Crippen LogP) is 3.21. The number of carbonyl (C=O) groups excluding carboxylic acids is 2. The molecule has 0 amide bonds. The Bertz CT molecular complexity index is 335. The molecular weight excluding hydrogens is 324 g/mol. The third-order valence-electron chi connectivity index (χ3n) is 3.00. The summed E-state index contributed by atoms with van der Waals surface area (Å²) in [6, 6.07) is 0. The molecule has 0 saturated heterocycles. The lowest BCUT2D eigenvalue weighted by Gasteiger charge is -2.30. The van der Waals surface area contributed by atoms with Crippen LogP contribution in [0.5, 0.6) is 0 Å². The Morgan fingerprint density at radius 2 is 1.32 bits per heavy atom. The highest BCUT2D eigenvalue weighted by atomic mass is 16.5. The summed E-state index contributed by atoms with van der Waals surface area (Å²) < 4.78 is 20.0. The van der Waals surface area contributed by atoms with E-state index in [1.807, 2.05) is 6.92 Å². The number of rotatable bonds is 11. The molecule has 0 aromatic heterocycles. The van der Waals surface area contributed by atoms with Crippen molar-refractivity contribution in [2.75, 3.05) is 47.8 Å². The molecular formula is C19H36O6. The predicted molar refractivity (Wildman–Crippen MR) is 101 cm³/mol. The summed E-state index contributed by atoms with van der Waals surface area (Å²) in [6.45, 7) is 14.5. The van der Waals surface area contributed by atoms with Crippen molar-refractivity contribution in [2.24, 2.45) is 5.41 Å². The van der Waals surface area contributed by atoms with Gasteiger partial charge in [-0.25, -0.2) is 4.79 Å². The fourth-order valence-corrected chi connectivity index (χ4v) is 1.61. The molecule has 148 valence electrons. The van der Waals surface area contributed by atoms with Crippen molar-refractivity contribution in [3.63, 3.8) is 0 Å². The maximum absolute atomic E-state index is 10.2. The molecule has 0 rings (SSSR count). The lowest BCUT2D eigenvalue weighted by atomic mass is 9.88. The molecule has 0 heterocycles. The maximum Gasteiger partial charge on any atom is 0.330 e. The molecule has 6 nitrogen and oxygen atoms in total. The molecule has 0 aromatic carbocycles. The Balaban J connectivity index is -0.000000321. The van der Waals surface area contributed by atoms with E-state index >= 15 is 0 Å². The van der Waals surface area contributed by atoms with Crippen molar-refractivity contribution in [3.05, 3.63) is 25.3 Å². The fourth-order valence-electron chi connectivity index (χ4n) is 1.61. The molecule has 0 unspecified atom stereocenters. The topological polar surface area (TPSA) is 71.1 Å². The Morgan fingerprint density at radius 3 is 1.52 bits per heavy atom. The highest BCUT2D eigenvalue weighted by Crippen LogP contribution is 2.22. The number of allylic oxidation sites excluding steroid dienone is 1. The SMILES string of the molecule is C=CC(=O)OCCC.C=CC(C)=O.CCC(COC)(COC)COC. The van der Waals surface area contributed by atoms with E-state index in [4.69, 9.17) is 14.2 Å². The summed E-state index contributed by atoms with van der Waals surface area (Å²) in [5.41, 5.74) is 0.0260. The van der Waals surface area contributed by atoms with Crippen LogP contribution in [0.15, 0.2) is 25.3 Å². The Morgan fingerprint density at radius 1 is 0.920 bits per heavy atom. The van der Waals surface area contributed by atoms with Gasteiger partial charge in [-0.15, -0.1) is 0 Å².